The van der Waals surface area contributed by atoms with Crippen molar-refractivity contribution < 1.29 is 28.9 Å². The van der Waals surface area contributed by atoms with Crippen molar-refractivity contribution in [1.82, 2.24) is 19.8 Å². The number of unbranched alkanes of at least 4 members (excludes halogenated alkanes) is 2. The summed E-state index contributed by atoms with van der Waals surface area (Å²) in [6.45, 7) is 6.37. The number of carboxylic acids is 1. The zero-order valence-corrected chi connectivity index (χ0v) is 23.2. The van der Waals surface area contributed by atoms with Gasteiger partial charge in [0.05, 0.1) is 19.6 Å². The number of aromatic nitrogens is 2. The van der Waals surface area contributed by atoms with E-state index in [1.807, 2.05) is 17.0 Å². The van der Waals surface area contributed by atoms with Crippen LogP contribution in [0.3, 0.4) is 0 Å². The third-order valence-electron chi connectivity index (χ3n) is 7.68. The van der Waals surface area contributed by atoms with Crippen LogP contribution in [0.15, 0.2) is 30.6 Å². The minimum absolute atomic E-state index is 0.0471. The number of likely N-dealkylation sites (tertiary alicyclic amines) is 1. The van der Waals surface area contributed by atoms with Crippen LogP contribution in [-0.2, 0) is 16.0 Å². The van der Waals surface area contributed by atoms with Gasteiger partial charge in [-0.3, -0.25) is 14.5 Å². The molecule has 1 N–H and O–H groups in total. The largest absolute Gasteiger partial charge is 0.493 e. The Labute approximate surface area is 230 Å². The summed E-state index contributed by atoms with van der Waals surface area (Å²) in [5.41, 5.74) is 0.799. The van der Waals surface area contributed by atoms with Crippen LogP contribution in [0.5, 0.6) is 17.2 Å². The summed E-state index contributed by atoms with van der Waals surface area (Å²) in [6, 6.07) is 5.08. The van der Waals surface area contributed by atoms with Gasteiger partial charge in [-0.1, -0.05) is 26.7 Å². The predicted molar refractivity (Wildman–Crippen MR) is 145 cm³/mol. The number of benzene rings is 1. The van der Waals surface area contributed by atoms with E-state index in [4.69, 9.17) is 14.2 Å². The molecule has 2 aliphatic rings. The van der Waals surface area contributed by atoms with Crippen LogP contribution < -0.4 is 14.2 Å². The van der Waals surface area contributed by atoms with Crippen LogP contribution in [0.1, 0.15) is 63.3 Å². The number of carboxylic acid groups (broad SMARTS) is 1. The molecule has 3 atom stereocenters. The first-order valence-electron chi connectivity index (χ1n) is 13.9. The van der Waals surface area contributed by atoms with Crippen molar-refractivity contribution in [3.05, 3.63) is 42.0 Å². The Morgan fingerprint density at radius 1 is 1.13 bits per heavy atom. The standard InChI is InChI=1S/C29H40N4O6/c1-4-6-13-32(14-7-5-2)26(34)18-33-17-21(20-15-23(37-3)28-24(16-20)38-19-39-28)27(29(35)36)22(33)9-10-25-30-11-8-12-31-25/h8,11-12,15-16,21-22,27H,4-7,9-10,13-14,17-19H2,1-3H3,(H,35,36)/t21-,22+,27?/m1/s1. The lowest BCUT2D eigenvalue weighted by atomic mass is 9.83. The molecule has 0 saturated carbocycles. The number of fused-ring (bicyclic) bond motifs is 1. The molecule has 39 heavy (non-hydrogen) atoms. The summed E-state index contributed by atoms with van der Waals surface area (Å²) in [5, 5.41) is 10.5. The van der Waals surface area contributed by atoms with Gasteiger partial charge in [0.15, 0.2) is 11.5 Å². The van der Waals surface area contributed by atoms with Crippen LogP contribution in [0, 0.1) is 5.92 Å². The van der Waals surface area contributed by atoms with Crippen LogP contribution in [0.2, 0.25) is 0 Å². The van der Waals surface area contributed by atoms with E-state index in [0.29, 0.717) is 42.5 Å². The zero-order chi connectivity index (χ0) is 27.8. The number of ether oxygens (including phenoxy) is 3. The second-order valence-corrected chi connectivity index (χ2v) is 10.2. The maximum Gasteiger partial charge on any atom is 0.308 e. The number of aryl methyl sites for hydroxylation is 1. The summed E-state index contributed by atoms with van der Waals surface area (Å²) in [4.78, 5) is 39.0. The smallest absolute Gasteiger partial charge is 0.308 e. The second kappa shape index (κ2) is 13.6. The molecule has 1 fully saturated rings. The van der Waals surface area contributed by atoms with E-state index >= 15 is 0 Å². The highest BCUT2D eigenvalue weighted by Gasteiger charge is 2.47. The molecule has 212 valence electrons. The maximum atomic E-state index is 13.6. The molecule has 4 rings (SSSR count). The molecule has 1 saturated heterocycles. The predicted octanol–water partition coefficient (Wildman–Crippen LogP) is 3.74. The highest BCUT2D eigenvalue weighted by molar-refractivity contribution is 5.79. The Morgan fingerprint density at radius 2 is 1.85 bits per heavy atom. The Kier molecular flexibility index (Phi) is 9.97. The molecular formula is C29H40N4O6. The molecule has 2 aromatic rings. The van der Waals surface area contributed by atoms with Crippen LogP contribution >= 0.6 is 0 Å². The van der Waals surface area contributed by atoms with E-state index in [-0.39, 0.29) is 31.2 Å². The van der Waals surface area contributed by atoms with E-state index < -0.39 is 11.9 Å². The summed E-state index contributed by atoms with van der Waals surface area (Å²) >= 11 is 0. The fourth-order valence-corrected chi connectivity index (χ4v) is 5.62. The van der Waals surface area contributed by atoms with Crippen molar-refractivity contribution in [2.45, 2.75) is 64.3 Å². The van der Waals surface area contributed by atoms with Gasteiger partial charge in [-0.25, -0.2) is 9.97 Å². The van der Waals surface area contributed by atoms with Gasteiger partial charge in [0, 0.05) is 50.4 Å². The third kappa shape index (κ3) is 6.79. The van der Waals surface area contributed by atoms with Gasteiger partial charge in [-0.15, -0.1) is 0 Å². The molecule has 1 unspecified atom stereocenters. The maximum absolute atomic E-state index is 13.6. The van der Waals surface area contributed by atoms with Crippen molar-refractivity contribution >= 4 is 11.9 Å². The SMILES string of the molecule is CCCCN(CCCC)C(=O)CN1C[C@H](c2cc(OC)c3c(c2)OCO3)C(C(=O)O)[C@@H]1CCc1ncccn1. The average molecular weight is 541 g/mol. The van der Waals surface area contributed by atoms with Crippen LogP contribution in [-0.4, -0.2) is 82.9 Å². The van der Waals surface area contributed by atoms with Gasteiger partial charge < -0.3 is 24.2 Å². The lowest BCUT2D eigenvalue weighted by Crippen LogP contribution is -2.44. The van der Waals surface area contributed by atoms with Gasteiger partial charge in [0.1, 0.15) is 5.82 Å². The molecule has 3 heterocycles. The minimum atomic E-state index is -0.889. The topological polar surface area (TPSA) is 114 Å². The fraction of sp³-hybridized carbons (Fsp3) is 0.586. The molecule has 0 aliphatic carbocycles. The quantitative estimate of drug-likeness (QED) is 0.383. The number of amides is 1. The van der Waals surface area contributed by atoms with Crippen molar-refractivity contribution in [3.63, 3.8) is 0 Å². The summed E-state index contributed by atoms with van der Waals surface area (Å²) in [7, 11) is 1.55. The van der Waals surface area contributed by atoms with Gasteiger partial charge in [0.2, 0.25) is 18.4 Å². The number of hydrogen-bond donors (Lipinski definition) is 1. The Bertz CT molecular complexity index is 1110. The molecule has 0 bridgehead atoms. The highest BCUT2D eigenvalue weighted by atomic mass is 16.7. The van der Waals surface area contributed by atoms with E-state index in [1.165, 1.54) is 0 Å². The van der Waals surface area contributed by atoms with E-state index in [0.717, 1.165) is 44.3 Å². The zero-order valence-electron chi connectivity index (χ0n) is 23.2. The molecule has 1 aromatic carbocycles. The van der Waals surface area contributed by atoms with Gasteiger partial charge in [0.25, 0.3) is 0 Å². The number of rotatable bonds is 14. The first kappa shape index (κ1) is 28.6. The van der Waals surface area contributed by atoms with E-state index in [2.05, 4.69) is 28.7 Å². The fourth-order valence-electron chi connectivity index (χ4n) is 5.62. The van der Waals surface area contributed by atoms with Crippen molar-refractivity contribution in [3.8, 4) is 17.2 Å². The molecule has 1 amide bonds. The normalized spacial score (nSPS) is 20.2. The average Bonchev–Trinajstić information content (AvgIpc) is 3.56. The van der Waals surface area contributed by atoms with E-state index in [9.17, 15) is 14.7 Å². The molecule has 10 heteroatoms. The second-order valence-electron chi connectivity index (χ2n) is 10.2. The Morgan fingerprint density at radius 3 is 2.49 bits per heavy atom. The van der Waals surface area contributed by atoms with Gasteiger partial charge in [-0.2, -0.15) is 0 Å². The minimum Gasteiger partial charge on any atom is -0.493 e. The molecule has 10 nitrogen and oxygen atoms in total. The van der Waals surface area contributed by atoms with E-state index in [1.54, 1.807) is 25.6 Å². The monoisotopic (exact) mass is 540 g/mol. The number of aliphatic carboxylic acids is 1. The van der Waals surface area contributed by atoms with Crippen LogP contribution in [0.25, 0.3) is 0 Å². The molecule has 0 spiro atoms. The van der Waals surface area contributed by atoms with Crippen molar-refractivity contribution in [2.75, 3.05) is 40.1 Å². The first-order chi connectivity index (χ1) is 19.0. The molecule has 0 radical (unpaired) electrons. The number of nitrogens with zero attached hydrogens (tertiary/aromatic N) is 4. The summed E-state index contributed by atoms with van der Waals surface area (Å²) in [5.74, 6) is 0.310. The molecule has 2 aliphatic heterocycles. The van der Waals surface area contributed by atoms with Crippen molar-refractivity contribution in [2.24, 2.45) is 5.92 Å². The van der Waals surface area contributed by atoms with Gasteiger partial charge in [-0.05, 0) is 43.0 Å². The third-order valence-corrected chi connectivity index (χ3v) is 7.68. The lowest BCUT2D eigenvalue weighted by Gasteiger charge is -2.29. The summed E-state index contributed by atoms with van der Waals surface area (Å²) in [6.07, 6.45) is 8.33. The Balaban J connectivity index is 1.63. The summed E-state index contributed by atoms with van der Waals surface area (Å²) < 4.78 is 16.7. The lowest BCUT2D eigenvalue weighted by molar-refractivity contribution is -0.143. The Hall–Kier alpha value is -3.40. The molecule has 1 aromatic heterocycles. The number of carbonyl (C=O) groups is 2. The molecular weight excluding hydrogens is 500 g/mol. The highest BCUT2D eigenvalue weighted by Crippen LogP contribution is 2.47. The van der Waals surface area contributed by atoms with Gasteiger partial charge >= 0.3 is 5.97 Å². The van der Waals surface area contributed by atoms with Crippen molar-refractivity contribution in [1.29, 1.82) is 0 Å². The number of carbonyl (C=O) groups excluding carboxylic acids is 1. The number of hydrogen-bond acceptors (Lipinski definition) is 8. The first-order valence-corrected chi connectivity index (χ1v) is 13.9. The van der Waals surface area contributed by atoms with Crippen LogP contribution in [0.4, 0.5) is 0 Å². The number of methoxy groups -OCH3 is 1.